The first-order valence-electron chi connectivity index (χ1n) is 6.63. The van der Waals surface area contributed by atoms with E-state index in [1.165, 1.54) is 5.56 Å². The maximum Gasteiger partial charge on any atom is 0.161 e. The summed E-state index contributed by atoms with van der Waals surface area (Å²) in [6, 6.07) is 16.3. The first-order valence-corrected chi connectivity index (χ1v) is 8.30. The predicted octanol–water partition coefficient (Wildman–Crippen LogP) is 4.71. The van der Waals surface area contributed by atoms with E-state index in [9.17, 15) is 0 Å². The van der Waals surface area contributed by atoms with Crippen LogP contribution in [0.3, 0.4) is 0 Å². The fourth-order valence-corrected chi connectivity index (χ4v) is 3.50. The molecule has 0 bridgehead atoms. The number of methoxy groups -OCH3 is 1. The van der Waals surface area contributed by atoms with Crippen molar-refractivity contribution in [1.82, 2.24) is 0 Å². The lowest BCUT2D eigenvalue weighted by molar-refractivity contribution is 0.415. The number of nitrogens with zero attached hydrogens (tertiary/aromatic N) is 1. The van der Waals surface area contributed by atoms with Gasteiger partial charge in [0, 0.05) is 10.5 Å². The molecule has 0 amide bonds. The maximum atomic E-state index is 5.26. The zero-order chi connectivity index (χ0) is 14.7. The number of hydrogen-bond donors (Lipinski definition) is 1. The molecule has 0 spiro atoms. The Hall–Kier alpha value is -1.46. The zero-order valence-corrected chi connectivity index (χ0v) is 13.9. The van der Waals surface area contributed by atoms with Crippen molar-refractivity contribution in [3.63, 3.8) is 0 Å². The van der Waals surface area contributed by atoms with Gasteiger partial charge >= 0.3 is 0 Å². The molecule has 108 valence electrons. The van der Waals surface area contributed by atoms with Crippen LogP contribution < -0.4 is 10.1 Å². The fraction of sp³-hybridized carbons (Fsp3) is 0.188. The molecule has 0 saturated heterocycles. The van der Waals surface area contributed by atoms with Gasteiger partial charge in [0.2, 0.25) is 0 Å². The maximum absolute atomic E-state index is 5.26. The summed E-state index contributed by atoms with van der Waals surface area (Å²) in [7, 11) is 1.67. The Balaban J connectivity index is 1.70. The van der Waals surface area contributed by atoms with Crippen LogP contribution in [0.5, 0.6) is 5.75 Å². The molecule has 1 N–H and O–H groups in total. The van der Waals surface area contributed by atoms with Crippen molar-refractivity contribution in [2.45, 2.75) is 5.25 Å². The highest BCUT2D eigenvalue weighted by molar-refractivity contribution is 9.10. The number of hydrogen-bond acceptors (Lipinski definition) is 4. The molecule has 0 radical (unpaired) electrons. The molecule has 1 aliphatic rings. The van der Waals surface area contributed by atoms with Crippen LogP contribution in [0, 0.1) is 0 Å². The number of amidine groups is 1. The summed E-state index contributed by atoms with van der Waals surface area (Å²) in [6.45, 7) is 0.804. The first-order chi connectivity index (χ1) is 10.3. The third kappa shape index (κ3) is 3.41. The largest absolute Gasteiger partial charge is 0.497 e. The van der Waals surface area contributed by atoms with E-state index >= 15 is 0 Å². The van der Waals surface area contributed by atoms with Gasteiger partial charge in [0.25, 0.3) is 0 Å². The Labute approximate surface area is 136 Å². The van der Waals surface area contributed by atoms with Gasteiger partial charge in [-0.3, -0.25) is 4.99 Å². The Bertz CT molecular complexity index is 661. The quantitative estimate of drug-likeness (QED) is 0.857. The van der Waals surface area contributed by atoms with Gasteiger partial charge in [0.05, 0.1) is 24.6 Å². The van der Waals surface area contributed by atoms with Crippen molar-refractivity contribution in [3.05, 3.63) is 58.6 Å². The molecule has 2 aromatic carbocycles. The Morgan fingerprint density at radius 3 is 2.81 bits per heavy atom. The Kier molecular flexibility index (Phi) is 4.51. The van der Waals surface area contributed by atoms with Gasteiger partial charge in [-0.05, 0) is 33.6 Å². The number of thioether (sulfide) groups is 1. The first kappa shape index (κ1) is 14.5. The molecule has 1 atom stereocenters. The lowest BCUT2D eigenvalue weighted by Gasteiger charge is -2.11. The average molecular weight is 363 g/mol. The van der Waals surface area contributed by atoms with Crippen LogP contribution in [0.25, 0.3) is 0 Å². The summed E-state index contributed by atoms with van der Waals surface area (Å²) < 4.78 is 6.25. The van der Waals surface area contributed by atoms with Gasteiger partial charge < -0.3 is 10.1 Å². The smallest absolute Gasteiger partial charge is 0.161 e. The summed E-state index contributed by atoms with van der Waals surface area (Å²) in [5, 5.41) is 4.70. The summed E-state index contributed by atoms with van der Waals surface area (Å²) >= 11 is 5.30. The van der Waals surface area contributed by atoms with Gasteiger partial charge in [0.15, 0.2) is 5.17 Å². The second-order valence-corrected chi connectivity index (χ2v) is 6.68. The molecule has 1 aliphatic heterocycles. The SMILES string of the molecule is COc1ccc(Br)c(NC2=NCC(c3ccccc3)S2)c1. The van der Waals surface area contributed by atoms with E-state index in [0.717, 1.165) is 27.6 Å². The summed E-state index contributed by atoms with van der Waals surface area (Å²) in [5.74, 6) is 0.823. The van der Waals surface area contributed by atoms with E-state index in [1.54, 1.807) is 18.9 Å². The van der Waals surface area contributed by atoms with E-state index in [0.29, 0.717) is 5.25 Å². The lowest BCUT2D eigenvalue weighted by atomic mass is 10.1. The Morgan fingerprint density at radius 1 is 1.24 bits per heavy atom. The lowest BCUT2D eigenvalue weighted by Crippen LogP contribution is -2.06. The van der Waals surface area contributed by atoms with E-state index in [4.69, 9.17) is 4.74 Å². The standard InChI is InChI=1S/C16H15BrN2OS/c1-20-12-7-8-13(17)14(9-12)19-16-18-10-15(21-16)11-5-3-2-4-6-11/h2-9,15H,10H2,1H3,(H,18,19). The number of halogens is 1. The molecule has 5 heteroatoms. The molecule has 0 aromatic heterocycles. The number of aliphatic imine (C=N–C) groups is 1. The number of nitrogens with one attached hydrogen (secondary N) is 1. The molecule has 3 rings (SSSR count). The van der Waals surface area contributed by atoms with Crippen molar-refractivity contribution in [1.29, 1.82) is 0 Å². The summed E-state index contributed by atoms with van der Waals surface area (Å²) in [6.07, 6.45) is 0. The second-order valence-electron chi connectivity index (χ2n) is 4.63. The van der Waals surface area contributed by atoms with Crippen molar-refractivity contribution in [3.8, 4) is 5.75 Å². The highest BCUT2D eigenvalue weighted by Crippen LogP contribution is 2.36. The van der Waals surface area contributed by atoms with E-state index in [2.05, 4.69) is 50.5 Å². The zero-order valence-electron chi connectivity index (χ0n) is 11.5. The summed E-state index contributed by atoms with van der Waals surface area (Å²) in [5.41, 5.74) is 2.28. The normalized spacial score (nSPS) is 17.4. The predicted molar refractivity (Wildman–Crippen MR) is 93.4 cm³/mol. The number of rotatable bonds is 3. The minimum Gasteiger partial charge on any atom is -0.497 e. The highest BCUT2D eigenvalue weighted by Gasteiger charge is 2.21. The van der Waals surface area contributed by atoms with Crippen LogP contribution in [-0.2, 0) is 0 Å². The third-order valence-electron chi connectivity index (χ3n) is 3.24. The van der Waals surface area contributed by atoms with Crippen molar-refractivity contribution < 1.29 is 4.74 Å². The van der Waals surface area contributed by atoms with Crippen molar-refractivity contribution >= 4 is 38.5 Å². The summed E-state index contributed by atoms with van der Waals surface area (Å²) in [4.78, 5) is 4.59. The van der Waals surface area contributed by atoms with Gasteiger partial charge in [-0.25, -0.2) is 0 Å². The molecule has 3 nitrogen and oxygen atoms in total. The number of anilines is 1. The minimum absolute atomic E-state index is 0.387. The van der Waals surface area contributed by atoms with Crippen LogP contribution in [0.1, 0.15) is 10.8 Å². The van der Waals surface area contributed by atoms with Crippen LogP contribution in [0.2, 0.25) is 0 Å². The van der Waals surface area contributed by atoms with Gasteiger partial charge in [0.1, 0.15) is 5.75 Å². The van der Waals surface area contributed by atoms with Gasteiger partial charge in [-0.1, -0.05) is 42.1 Å². The van der Waals surface area contributed by atoms with Crippen LogP contribution >= 0.6 is 27.7 Å². The van der Waals surface area contributed by atoms with Crippen molar-refractivity contribution in [2.24, 2.45) is 4.99 Å². The Morgan fingerprint density at radius 2 is 2.05 bits per heavy atom. The molecule has 0 saturated carbocycles. The third-order valence-corrected chi connectivity index (χ3v) is 5.09. The average Bonchev–Trinajstić information content (AvgIpc) is 2.99. The molecule has 2 aromatic rings. The topological polar surface area (TPSA) is 33.6 Å². The van der Waals surface area contributed by atoms with Gasteiger partial charge in [-0.15, -0.1) is 0 Å². The van der Waals surface area contributed by atoms with Crippen LogP contribution in [0.15, 0.2) is 58.0 Å². The highest BCUT2D eigenvalue weighted by atomic mass is 79.9. The number of benzene rings is 2. The van der Waals surface area contributed by atoms with E-state index in [1.807, 2.05) is 24.3 Å². The van der Waals surface area contributed by atoms with Crippen LogP contribution in [0.4, 0.5) is 5.69 Å². The van der Waals surface area contributed by atoms with Crippen molar-refractivity contribution in [2.75, 3.05) is 19.0 Å². The molecule has 0 fully saturated rings. The molecule has 1 unspecified atom stereocenters. The minimum atomic E-state index is 0.387. The van der Waals surface area contributed by atoms with Gasteiger partial charge in [-0.2, -0.15) is 0 Å². The monoisotopic (exact) mass is 362 g/mol. The van der Waals surface area contributed by atoms with E-state index in [-0.39, 0.29) is 0 Å². The molecular weight excluding hydrogens is 348 g/mol. The molecule has 1 heterocycles. The fourth-order valence-electron chi connectivity index (χ4n) is 2.13. The van der Waals surface area contributed by atoms with Crippen LogP contribution in [-0.4, -0.2) is 18.8 Å². The number of ether oxygens (including phenoxy) is 1. The van der Waals surface area contributed by atoms with E-state index < -0.39 is 0 Å². The second kappa shape index (κ2) is 6.54. The molecular formula is C16H15BrN2OS. The molecule has 21 heavy (non-hydrogen) atoms. The molecule has 0 aliphatic carbocycles.